The van der Waals surface area contributed by atoms with Crippen LogP contribution < -0.4 is 16.0 Å². The summed E-state index contributed by atoms with van der Waals surface area (Å²) in [5.41, 5.74) is -2.56. The summed E-state index contributed by atoms with van der Waals surface area (Å²) in [5, 5.41) is 6.08. The Morgan fingerprint density at radius 2 is 1.64 bits per heavy atom. The summed E-state index contributed by atoms with van der Waals surface area (Å²) < 4.78 is 46.7. The first-order valence-corrected chi connectivity index (χ1v) is 8.41. The van der Waals surface area contributed by atoms with Gasteiger partial charge in [-0.3, -0.25) is 5.32 Å². The van der Waals surface area contributed by atoms with Crippen LogP contribution in [-0.4, -0.2) is 30.4 Å². The minimum Gasteiger partial charge on any atom is -0.463 e. The second-order valence-electron chi connectivity index (χ2n) is 5.91. The molecule has 3 N–H and O–H groups in total. The molecule has 150 valence electrons. The molecule has 1 atom stereocenters. The van der Waals surface area contributed by atoms with Gasteiger partial charge in [0.15, 0.2) is 0 Å². The lowest BCUT2D eigenvalue weighted by Gasteiger charge is -2.35. The molecule has 2 amide bonds. The first-order valence-electron chi connectivity index (χ1n) is 8.41. The molecule has 0 saturated carbocycles. The molecule has 0 radical (unpaired) electrons. The Morgan fingerprint density at radius 3 is 2.21 bits per heavy atom. The molecule has 0 unspecified atom stereocenters. The molecule has 0 spiro atoms. The van der Waals surface area contributed by atoms with Crippen molar-refractivity contribution in [1.82, 2.24) is 5.32 Å². The van der Waals surface area contributed by atoms with Crippen molar-refractivity contribution in [1.29, 1.82) is 0 Å². The van der Waals surface area contributed by atoms with Crippen molar-refractivity contribution < 1.29 is 27.5 Å². The van der Waals surface area contributed by atoms with E-state index in [-0.39, 0.29) is 18.0 Å². The highest BCUT2D eigenvalue weighted by Gasteiger charge is 2.63. The van der Waals surface area contributed by atoms with Gasteiger partial charge in [-0.15, -0.1) is 0 Å². The largest absolute Gasteiger partial charge is 0.463 e. The Kier molecular flexibility index (Phi) is 6.50. The van der Waals surface area contributed by atoms with Gasteiger partial charge in [-0.25, -0.2) is 9.59 Å². The van der Waals surface area contributed by atoms with Crippen molar-refractivity contribution in [2.24, 2.45) is 0 Å². The fraction of sp³-hybridized carbons (Fsp3) is 0.263. The summed E-state index contributed by atoms with van der Waals surface area (Å²) >= 11 is 0. The maximum Gasteiger partial charge on any atom is 0.441 e. The molecule has 6 nitrogen and oxygen atoms in total. The van der Waals surface area contributed by atoms with E-state index in [1.807, 2.05) is 0 Å². The van der Waals surface area contributed by atoms with Crippen LogP contribution in [0, 0.1) is 6.92 Å². The van der Waals surface area contributed by atoms with Crippen molar-refractivity contribution in [2.75, 3.05) is 17.2 Å². The molecule has 2 aromatic rings. The van der Waals surface area contributed by atoms with Crippen molar-refractivity contribution in [2.45, 2.75) is 25.7 Å². The lowest BCUT2D eigenvalue weighted by atomic mass is 10.1. The average molecular weight is 395 g/mol. The van der Waals surface area contributed by atoms with Crippen LogP contribution in [0.1, 0.15) is 12.5 Å². The number of hydrogen-bond donors (Lipinski definition) is 3. The van der Waals surface area contributed by atoms with Gasteiger partial charge in [0.2, 0.25) is 0 Å². The molecule has 2 rings (SSSR count). The molecule has 0 aliphatic heterocycles. The topological polar surface area (TPSA) is 79.5 Å². The Bertz CT molecular complexity index is 828. The number of halogens is 3. The number of ether oxygens (including phenoxy) is 1. The van der Waals surface area contributed by atoms with Crippen molar-refractivity contribution in [3.63, 3.8) is 0 Å². The summed E-state index contributed by atoms with van der Waals surface area (Å²) in [4.78, 5) is 24.6. The Morgan fingerprint density at radius 1 is 1.00 bits per heavy atom. The molecular formula is C19H20F3N3O3. The van der Waals surface area contributed by atoms with Crippen LogP contribution in [0.25, 0.3) is 0 Å². The molecule has 0 bridgehead atoms. The number of esters is 1. The van der Waals surface area contributed by atoms with Gasteiger partial charge in [-0.1, -0.05) is 30.3 Å². The quantitative estimate of drug-likeness (QED) is 0.509. The van der Waals surface area contributed by atoms with Gasteiger partial charge >= 0.3 is 23.8 Å². The van der Waals surface area contributed by atoms with Crippen LogP contribution >= 0.6 is 0 Å². The number of benzene rings is 2. The fourth-order valence-corrected chi connectivity index (χ4v) is 2.42. The number of rotatable bonds is 6. The summed E-state index contributed by atoms with van der Waals surface area (Å²) in [6.07, 6.45) is -5.20. The summed E-state index contributed by atoms with van der Waals surface area (Å²) in [5.74, 6) is -1.67. The molecule has 0 aliphatic rings. The molecule has 0 heterocycles. The zero-order chi connectivity index (χ0) is 20.8. The van der Waals surface area contributed by atoms with Gasteiger partial charge in [0.25, 0.3) is 0 Å². The molecule has 28 heavy (non-hydrogen) atoms. The van der Waals surface area contributed by atoms with Crippen LogP contribution in [0.2, 0.25) is 0 Å². The zero-order valence-corrected chi connectivity index (χ0v) is 15.3. The second kappa shape index (κ2) is 8.64. The fourth-order valence-electron chi connectivity index (χ4n) is 2.42. The van der Waals surface area contributed by atoms with E-state index in [4.69, 9.17) is 0 Å². The monoisotopic (exact) mass is 395 g/mol. The molecule has 2 aromatic carbocycles. The third-order valence-corrected chi connectivity index (χ3v) is 3.69. The Balaban J connectivity index is 2.40. The number of carbonyl (C=O) groups is 2. The van der Waals surface area contributed by atoms with E-state index in [1.165, 1.54) is 37.3 Å². The van der Waals surface area contributed by atoms with Crippen molar-refractivity contribution in [3.05, 3.63) is 60.2 Å². The van der Waals surface area contributed by atoms with E-state index in [9.17, 15) is 22.8 Å². The van der Waals surface area contributed by atoms with Gasteiger partial charge in [0.05, 0.1) is 6.61 Å². The van der Waals surface area contributed by atoms with E-state index in [1.54, 1.807) is 36.5 Å². The van der Waals surface area contributed by atoms with Gasteiger partial charge < -0.3 is 15.4 Å². The number of alkyl halides is 3. The highest BCUT2D eigenvalue weighted by Crippen LogP contribution is 2.33. The lowest BCUT2D eigenvalue weighted by Crippen LogP contribution is -2.70. The van der Waals surface area contributed by atoms with Gasteiger partial charge in [0, 0.05) is 11.4 Å². The standard InChI is InChI=1S/C19H20F3N3O3/c1-3-28-16(26)18(19(20,21)22,24-15-11-7-8-13(2)12-15)25-17(27)23-14-9-5-4-6-10-14/h4-12,24H,3H2,1-2H3,(H2,23,25,27)/t18-/m1/s1. The normalized spacial score (nSPS) is 13.2. The minimum absolute atomic E-state index is 0.00890. The second-order valence-corrected chi connectivity index (χ2v) is 5.91. The Labute approximate surface area is 160 Å². The van der Waals surface area contributed by atoms with Gasteiger partial charge in [-0.05, 0) is 43.7 Å². The highest BCUT2D eigenvalue weighted by atomic mass is 19.4. The first-order chi connectivity index (χ1) is 13.2. The minimum atomic E-state index is -5.20. The number of para-hydroxylation sites is 1. The molecule has 0 fully saturated rings. The summed E-state index contributed by atoms with van der Waals surface area (Å²) in [7, 11) is 0. The van der Waals surface area contributed by atoms with Crippen LogP contribution in [0.5, 0.6) is 0 Å². The predicted molar refractivity (Wildman–Crippen MR) is 98.8 cm³/mol. The number of amides is 2. The molecule has 9 heteroatoms. The SMILES string of the molecule is CCOC(=O)[C@](NC(=O)Nc1ccccc1)(Nc1cccc(C)c1)C(F)(F)F. The number of hydrogen-bond acceptors (Lipinski definition) is 4. The van der Waals surface area contributed by atoms with Crippen molar-refractivity contribution in [3.8, 4) is 0 Å². The number of urea groups is 1. The zero-order valence-electron chi connectivity index (χ0n) is 15.3. The van der Waals surface area contributed by atoms with E-state index in [2.05, 4.69) is 15.4 Å². The van der Waals surface area contributed by atoms with E-state index < -0.39 is 23.8 Å². The van der Waals surface area contributed by atoms with E-state index in [0.717, 1.165) is 0 Å². The summed E-state index contributed by atoms with van der Waals surface area (Å²) in [6.45, 7) is 2.75. The highest BCUT2D eigenvalue weighted by molar-refractivity contribution is 5.96. The third-order valence-electron chi connectivity index (χ3n) is 3.69. The van der Waals surface area contributed by atoms with Crippen LogP contribution in [0.3, 0.4) is 0 Å². The van der Waals surface area contributed by atoms with Crippen LogP contribution in [0.4, 0.5) is 29.3 Å². The summed E-state index contributed by atoms with van der Waals surface area (Å²) in [6, 6.07) is 12.6. The molecular weight excluding hydrogens is 375 g/mol. The molecule has 0 saturated heterocycles. The molecule has 0 aliphatic carbocycles. The van der Waals surface area contributed by atoms with Crippen LogP contribution in [-0.2, 0) is 9.53 Å². The molecule has 0 aromatic heterocycles. The van der Waals surface area contributed by atoms with Gasteiger partial charge in [0.1, 0.15) is 0 Å². The Hall–Kier alpha value is -3.23. The number of carbonyl (C=O) groups excluding carboxylic acids is 2. The first kappa shape index (κ1) is 21.1. The smallest absolute Gasteiger partial charge is 0.441 e. The number of nitrogens with one attached hydrogen (secondary N) is 3. The van der Waals surface area contributed by atoms with Crippen molar-refractivity contribution >= 4 is 23.4 Å². The third kappa shape index (κ3) is 4.93. The number of anilines is 2. The maximum atomic E-state index is 14.0. The van der Waals surface area contributed by atoms with E-state index in [0.29, 0.717) is 5.56 Å². The van der Waals surface area contributed by atoms with Gasteiger partial charge in [-0.2, -0.15) is 13.2 Å². The average Bonchev–Trinajstić information content (AvgIpc) is 2.61. The predicted octanol–water partition coefficient (Wildman–Crippen LogP) is 4.05. The lowest BCUT2D eigenvalue weighted by molar-refractivity contribution is -0.204. The van der Waals surface area contributed by atoms with Crippen LogP contribution in [0.15, 0.2) is 54.6 Å². The van der Waals surface area contributed by atoms with E-state index >= 15 is 0 Å². The maximum absolute atomic E-state index is 14.0. The number of aryl methyl sites for hydroxylation is 1.